The van der Waals surface area contributed by atoms with Crippen molar-refractivity contribution in [2.75, 3.05) is 0 Å². The maximum Gasteiger partial charge on any atom is 0.453 e. The standard InChI is InChI=1S/C8H12F5/c1-2-3-4-5-6-7(9,10)8(11,12)13/h6H,2-5H2,1H3. The zero-order valence-corrected chi connectivity index (χ0v) is 7.30. The average molecular weight is 203 g/mol. The SMILES string of the molecule is CCCCC[CH]C(F)(F)C(F)(F)F. The molecule has 0 aromatic heterocycles. The van der Waals surface area contributed by atoms with Crippen LogP contribution in [-0.4, -0.2) is 12.1 Å². The highest BCUT2D eigenvalue weighted by molar-refractivity contribution is 4.90. The van der Waals surface area contributed by atoms with Gasteiger partial charge in [-0.2, -0.15) is 22.0 Å². The van der Waals surface area contributed by atoms with E-state index >= 15 is 0 Å². The summed E-state index contributed by atoms with van der Waals surface area (Å²) in [7, 11) is 0. The van der Waals surface area contributed by atoms with E-state index in [2.05, 4.69) is 0 Å². The van der Waals surface area contributed by atoms with Crippen LogP contribution in [0.4, 0.5) is 22.0 Å². The summed E-state index contributed by atoms with van der Waals surface area (Å²) in [6.45, 7) is 1.85. The fraction of sp³-hybridized carbons (Fsp3) is 0.875. The van der Waals surface area contributed by atoms with Crippen LogP contribution in [0.15, 0.2) is 0 Å². The van der Waals surface area contributed by atoms with Crippen LogP contribution in [0, 0.1) is 6.42 Å². The molecule has 0 bridgehead atoms. The van der Waals surface area contributed by atoms with Gasteiger partial charge in [0, 0.05) is 6.42 Å². The largest absolute Gasteiger partial charge is 0.453 e. The Hall–Kier alpha value is -0.350. The van der Waals surface area contributed by atoms with E-state index in [1.807, 2.05) is 6.92 Å². The van der Waals surface area contributed by atoms with Crippen molar-refractivity contribution in [1.29, 1.82) is 0 Å². The van der Waals surface area contributed by atoms with Gasteiger partial charge in [-0.15, -0.1) is 0 Å². The minimum atomic E-state index is -5.45. The van der Waals surface area contributed by atoms with Crippen molar-refractivity contribution in [3.63, 3.8) is 0 Å². The first-order chi connectivity index (χ1) is 5.81. The Kier molecular flexibility index (Phi) is 4.64. The highest BCUT2D eigenvalue weighted by atomic mass is 19.4. The van der Waals surface area contributed by atoms with E-state index in [0.29, 0.717) is 12.8 Å². The van der Waals surface area contributed by atoms with Crippen molar-refractivity contribution >= 4 is 0 Å². The molecule has 0 aliphatic heterocycles. The first kappa shape index (κ1) is 12.7. The second-order valence-corrected chi connectivity index (χ2v) is 2.82. The lowest BCUT2D eigenvalue weighted by molar-refractivity contribution is -0.267. The van der Waals surface area contributed by atoms with Crippen LogP contribution in [0.3, 0.4) is 0 Å². The Bertz CT molecular complexity index is 138. The van der Waals surface area contributed by atoms with Gasteiger partial charge in [0.1, 0.15) is 0 Å². The monoisotopic (exact) mass is 203 g/mol. The van der Waals surface area contributed by atoms with Gasteiger partial charge in [0.2, 0.25) is 0 Å². The Morgan fingerprint density at radius 2 is 1.54 bits per heavy atom. The number of halogens is 5. The van der Waals surface area contributed by atoms with Crippen LogP contribution in [0.2, 0.25) is 0 Å². The third-order valence-electron chi connectivity index (χ3n) is 1.59. The normalized spacial score (nSPS) is 13.4. The first-order valence-corrected chi connectivity index (χ1v) is 4.10. The van der Waals surface area contributed by atoms with Crippen LogP contribution in [-0.2, 0) is 0 Å². The van der Waals surface area contributed by atoms with Gasteiger partial charge in [-0.25, -0.2) is 0 Å². The molecule has 0 unspecified atom stereocenters. The smallest absolute Gasteiger partial charge is 0.196 e. The zero-order valence-electron chi connectivity index (χ0n) is 7.30. The number of alkyl halides is 5. The first-order valence-electron chi connectivity index (χ1n) is 4.10. The molecule has 0 atom stereocenters. The summed E-state index contributed by atoms with van der Waals surface area (Å²) in [6.07, 6.45) is -3.75. The second kappa shape index (κ2) is 4.77. The van der Waals surface area contributed by atoms with Crippen molar-refractivity contribution in [3.8, 4) is 0 Å². The molecular formula is C8H12F5. The summed E-state index contributed by atoms with van der Waals surface area (Å²) in [5.41, 5.74) is 0. The zero-order chi connectivity index (χ0) is 10.5. The summed E-state index contributed by atoms with van der Waals surface area (Å²) < 4.78 is 59.0. The molecule has 0 aliphatic rings. The van der Waals surface area contributed by atoms with Crippen LogP contribution in [0.1, 0.15) is 32.6 Å². The van der Waals surface area contributed by atoms with Crippen molar-refractivity contribution in [2.24, 2.45) is 0 Å². The van der Waals surface area contributed by atoms with Gasteiger partial charge in [0.05, 0.1) is 0 Å². The molecule has 0 fully saturated rings. The Morgan fingerprint density at radius 1 is 1.00 bits per heavy atom. The van der Waals surface area contributed by atoms with Gasteiger partial charge >= 0.3 is 12.1 Å². The molecule has 0 rings (SSSR count). The van der Waals surface area contributed by atoms with E-state index in [1.54, 1.807) is 0 Å². The Morgan fingerprint density at radius 3 is 1.92 bits per heavy atom. The summed E-state index contributed by atoms with van der Waals surface area (Å²) in [5, 5.41) is 0. The van der Waals surface area contributed by atoms with Gasteiger partial charge in [0.15, 0.2) is 0 Å². The van der Waals surface area contributed by atoms with Gasteiger partial charge in [0.25, 0.3) is 0 Å². The second-order valence-electron chi connectivity index (χ2n) is 2.82. The van der Waals surface area contributed by atoms with Gasteiger partial charge in [-0.1, -0.05) is 26.2 Å². The lowest BCUT2D eigenvalue weighted by atomic mass is 10.1. The summed E-state index contributed by atoms with van der Waals surface area (Å²) in [4.78, 5) is 0. The molecule has 0 heterocycles. The van der Waals surface area contributed by atoms with E-state index in [-0.39, 0.29) is 12.8 Å². The van der Waals surface area contributed by atoms with Gasteiger partial charge < -0.3 is 0 Å². The van der Waals surface area contributed by atoms with E-state index in [9.17, 15) is 22.0 Å². The quantitative estimate of drug-likeness (QED) is 0.468. The maximum atomic E-state index is 12.2. The number of rotatable bonds is 5. The van der Waals surface area contributed by atoms with E-state index in [0.717, 1.165) is 6.42 Å². The third-order valence-corrected chi connectivity index (χ3v) is 1.59. The highest BCUT2D eigenvalue weighted by Crippen LogP contribution is 2.38. The lowest BCUT2D eigenvalue weighted by Gasteiger charge is -2.18. The van der Waals surface area contributed by atoms with Crippen molar-refractivity contribution in [3.05, 3.63) is 6.42 Å². The highest BCUT2D eigenvalue weighted by Gasteiger charge is 2.56. The molecule has 0 saturated carbocycles. The lowest BCUT2D eigenvalue weighted by Crippen LogP contribution is -2.36. The number of hydrogen-bond donors (Lipinski definition) is 0. The van der Waals surface area contributed by atoms with E-state index in [4.69, 9.17) is 0 Å². The van der Waals surface area contributed by atoms with Crippen LogP contribution < -0.4 is 0 Å². The van der Waals surface area contributed by atoms with Crippen molar-refractivity contribution in [2.45, 2.75) is 44.7 Å². The van der Waals surface area contributed by atoms with Gasteiger partial charge in [-0.3, -0.25) is 0 Å². The fourth-order valence-corrected chi connectivity index (χ4v) is 0.793. The topological polar surface area (TPSA) is 0 Å². The minimum Gasteiger partial charge on any atom is -0.196 e. The van der Waals surface area contributed by atoms with Crippen LogP contribution >= 0.6 is 0 Å². The molecule has 0 nitrogen and oxygen atoms in total. The summed E-state index contributed by atoms with van der Waals surface area (Å²) in [6, 6.07) is 0. The maximum absolute atomic E-state index is 12.2. The molecule has 0 aromatic carbocycles. The fourth-order valence-electron chi connectivity index (χ4n) is 0.793. The third kappa shape index (κ3) is 4.43. The predicted molar refractivity (Wildman–Crippen MR) is 39.4 cm³/mol. The van der Waals surface area contributed by atoms with Gasteiger partial charge in [-0.05, 0) is 6.42 Å². The summed E-state index contributed by atoms with van der Waals surface area (Å²) >= 11 is 0. The van der Waals surface area contributed by atoms with Crippen LogP contribution in [0.25, 0.3) is 0 Å². The molecule has 0 amide bonds. The Balaban J connectivity index is 3.77. The minimum absolute atomic E-state index is 0.0443. The molecule has 0 saturated heterocycles. The molecule has 79 valence electrons. The predicted octanol–water partition coefficient (Wildman–Crippen LogP) is 3.97. The van der Waals surface area contributed by atoms with Crippen molar-refractivity contribution < 1.29 is 22.0 Å². The molecular weight excluding hydrogens is 191 g/mol. The van der Waals surface area contributed by atoms with Crippen LogP contribution in [0.5, 0.6) is 0 Å². The molecule has 0 aliphatic carbocycles. The molecule has 1 radical (unpaired) electrons. The number of unbranched alkanes of at least 4 members (excludes halogenated alkanes) is 3. The van der Waals surface area contributed by atoms with Crippen molar-refractivity contribution in [1.82, 2.24) is 0 Å². The van der Waals surface area contributed by atoms with E-state index < -0.39 is 12.1 Å². The molecule has 0 spiro atoms. The molecule has 0 N–H and O–H groups in total. The number of hydrogen-bond acceptors (Lipinski definition) is 0. The summed E-state index contributed by atoms with van der Waals surface area (Å²) in [5.74, 6) is -4.64. The Labute approximate surface area is 74.1 Å². The molecule has 0 aromatic rings. The van der Waals surface area contributed by atoms with E-state index in [1.165, 1.54) is 0 Å². The molecule has 13 heavy (non-hydrogen) atoms. The molecule has 5 heteroatoms. The average Bonchev–Trinajstić information content (AvgIpc) is 1.96.